The molecule has 1 amide bonds. The molecule has 0 saturated carbocycles. The van der Waals surface area contributed by atoms with E-state index in [1.807, 2.05) is 64.9 Å². The molecule has 1 aliphatic heterocycles. The molecule has 0 bridgehead atoms. The topological polar surface area (TPSA) is 55.6 Å². The highest BCUT2D eigenvalue weighted by atomic mass is 32.1. The number of ether oxygens (including phenoxy) is 1. The van der Waals surface area contributed by atoms with E-state index in [2.05, 4.69) is 11.1 Å². The first-order valence-corrected chi connectivity index (χ1v) is 10.3. The van der Waals surface area contributed by atoms with E-state index in [1.54, 1.807) is 6.26 Å². The van der Waals surface area contributed by atoms with Crippen LogP contribution in [-0.4, -0.2) is 17.4 Å². The number of furan rings is 1. The maximum atomic E-state index is 12.9. The molecule has 0 radical (unpaired) electrons. The van der Waals surface area contributed by atoms with Gasteiger partial charge in [0.2, 0.25) is 0 Å². The summed E-state index contributed by atoms with van der Waals surface area (Å²) in [5, 5.41) is 2.82. The van der Waals surface area contributed by atoms with E-state index in [0.29, 0.717) is 17.9 Å². The van der Waals surface area contributed by atoms with Crippen molar-refractivity contribution in [1.29, 1.82) is 0 Å². The largest absolute Gasteiger partial charge is 0.486 e. The number of benzene rings is 2. The van der Waals surface area contributed by atoms with Gasteiger partial charge in [0.25, 0.3) is 5.91 Å². The van der Waals surface area contributed by atoms with Gasteiger partial charge in [-0.1, -0.05) is 18.2 Å². The van der Waals surface area contributed by atoms with Crippen LogP contribution in [-0.2, 0) is 13.0 Å². The lowest BCUT2D eigenvalue weighted by Crippen LogP contribution is -2.28. The third-order valence-corrected chi connectivity index (χ3v) is 5.74. The number of para-hydroxylation sites is 1. The van der Waals surface area contributed by atoms with E-state index in [1.165, 1.54) is 16.9 Å². The van der Waals surface area contributed by atoms with Crippen LogP contribution in [0.1, 0.15) is 20.9 Å². The minimum atomic E-state index is 0.0181. The molecule has 144 valence electrons. The summed E-state index contributed by atoms with van der Waals surface area (Å²) in [6, 6.07) is 19.1. The van der Waals surface area contributed by atoms with Gasteiger partial charge in [0.05, 0.1) is 6.26 Å². The molecule has 6 heteroatoms. The van der Waals surface area contributed by atoms with Gasteiger partial charge in [-0.15, -0.1) is 11.3 Å². The number of thiazole rings is 1. The monoisotopic (exact) mass is 402 g/mol. The first-order valence-electron chi connectivity index (χ1n) is 9.39. The Morgan fingerprint density at radius 3 is 2.79 bits per heavy atom. The maximum Gasteiger partial charge on any atom is 0.258 e. The Labute approximate surface area is 172 Å². The maximum absolute atomic E-state index is 12.9. The number of rotatable bonds is 5. The zero-order valence-corrected chi connectivity index (χ0v) is 16.4. The second-order valence-electron chi connectivity index (χ2n) is 6.75. The van der Waals surface area contributed by atoms with Gasteiger partial charge in [0.15, 0.2) is 5.76 Å². The molecule has 1 aliphatic rings. The van der Waals surface area contributed by atoms with Crippen molar-refractivity contribution in [2.75, 3.05) is 11.4 Å². The van der Waals surface area contributed by atoms with Crippen LogP contribution in [0.15, 0.2) is 76.7 Å². The predicted octanol–water partition coefficient (Wildman–Crippen LogP) is 5.19. The molecule has 0 saturated heterocycles. The van der Waals surface area contributed by atoms with Crippen LogP contribution in [0.25, 0.3) is 11.5 Å². The Kier molecular flexibility index (Phi) is 4.62. The lowest BCUT2D eigenvalue weighted by atomic mass is 10.1. The molecular weight excluding hydrogens is 384 g/mol. The summed E-state index contributed by atoms with van der Waals surface area (Å²) in [5.41, 5.74) is 3.70. The number of nitrogens with zero attached hydrogens (tertiary/aromatic N) is 2. The van der Waals surface area contributed by atoms with Gasteiger partial charge in [0.1, 0.15) is 23.1 Å². The van der Waals surface area contributed by atoms with Gasteiger partial charge in [-0.25, -0.2) is 4.98 Å². The van der Waals surface area contributed by atoms with Crippen LogP contribution in [0.4, 0.5) is 5.69 Å². The Morgan fingerprint density at radius 2 is 1.97 bits per heavy atom. The summed E-state index contributed by atoms with van der Waals surface area (Å²) in [6.07, 6.45) is 2.53. The molecule has 0 spiro atoms. The van der Waals surface area contributed by atoms with Crippen molar-refractivity contribution in [3.63, 3.8) is 0 Å². The highest BCUT2D eigenvalue weighted by molar-refractivity contribution is 7.09. The average molecular weight is 402 g/mol. The van der Waals surface area contributed by atoms with Crippen molar-refractivity contribution in [2.45, 2.75) is 13.0 Å². The minimum Gasteiger partial charge on any atom is -0.486 e. The van der Waals surface area contributed by atoms with Crippen molar-refractivity contribution in [3.05, 3.63) is 88.4 Å². The molecule has 2 aromatic carbocycles. The number of hydrogen-bond donors (Lipinski definition) is 0. The van der Waals surface area contributed by atoms with E-state index in [9.17, 15) is 4.79 Å². The molecule has 3 heterocycles. The molecular formula is C23H18N2O3S. The molecule has 0 atom stereocenters. The normalized spacial score (nSPS) is 12.8. The Morgan fingerprint density at radius 1 is 1.10 bits per heavy atom. The average Bonchev–Trinajstić information content (AvgIpc) is 3.52. The molecule has 5 rings (SSSR count). The molecule has 29 heavy (non-hydrogen) atoms. The lowest BCUT2D eigenvalue weighted by Gasteiger charge is -2.17. The fourth-order valence-electron chi connectivity index (χ4n) is 3.46. The Bertz CT molecular complexity index is 1130. The van der Waals surface area contributed by atoms with Crippen LogP contribution >= 0.6 is 11.3 Å². The van der Waals surface area contributed by atoms with Gasteiger partial charge in [-0.2, -0.15) is 0 Å². The van der Waals surface area contributed by atoms with Crippen molar-refractivity contribution in [2.24, 2.45) is 0 Å². The van der Waals surface area contributed by atoms with Crippen LogP contribution in [0.2, 0.25) is 0 Å². The number of carbonyl (C=O) groups excluding carboxylic acids is 1. The SMILES string of the molecule is O=C(c1ccc(OCc2nc(-c3ccco3)cs2)cc1)N1CCc2ccccc21. The first kappa shape index (κ1) is 17.7. The van der Waals surface area contributed by atoms with E-state index in [-0.39, 0.29) is 5.91 Å². The van der Waals surface area contributed by atoms with Crippen molar-refractivity contribution < 1.29 is 13.9 Å². The second-order valence-corrected chi connectivity index (χ2v) is 7.69. The van der Waals surface area contributed by atoms with Crippen molar-refractivity contribution in [3.8, 4) is 17.2 Å². The van der Waals surface area contributed by atoms with Gasteiger partial charge >= 0.3 is 0 Å². The number of amides is 1. The summed E-state index contributed by atoms with van der Waals surface area (Å²) < 4.78 is 11.2. The lowest BCUT2D eigenvalue weighted by molar-refractivity contribution is 0.0989. The zero-order valence-electron chi connectivity index (χ0n) is 15.6. The molecule has 0 fully saturated rings. The third-order valence-electron chi connectivity index (χ3n) is 4.92. The fraction of sp³-hybridized carbons (Fsp3) is 0.130. The van der Waals surface area contributed by atoms with E-state index >= 15 is 0 Å². The van der Waals surface area contributed by atoms with Crippen molar-refractivity contribution in [1.82, 2.24) is 4.98 Å². The van der Waals surface area contributed by atoms with E-state index < -0.39 is 0 Å². The number of hydrogen-bond acceptors (Lipinski definition) is 5. The smallest absolute Gasteiger partial charge is 0.258 e. The standard InChI is InChI=1S/C23H18N2O3S/c26-23(25-12-11-16-4-1-2-5-20(16)25)17-7-9-18(10-8-17)28-14-22-24-19(15-29-22)21-6-3-13-27-21/h1-10,13,15H,11-12,14H2. The minimum absolute atomic E-state index is 0.0181. The zero-order chi connectivity index (χ0) is 19.6. The first-order chi connectivity index (χ1) is 14.3. The van der Waals surface area contributed by atoms with E-state index in [0.717, 1.165) is 35.1 Å². The number of carbonyl (C=O) groups is 1. The molecule has 5 nitrogen and oxygen atoms in total. The number of aromatic nitrogens is 1. The van der Waals surface area contributed by atoms with Crippen LogP contribution in [0.3, 0.4) is 0 Å². The third kappa shape index (κ3) is 3.54. The molecule has 0 aliphatic carbocycles. The van der Waals surface area contributed by atoms with Crippen LogP contribution in [0, 0.1) is 0 Å². The van der Waals surface area contributed by atoms with Gasteiger partial charge < -0.3 is 14.1 Å². The molecule has 0 N–H and O–H groups in total. The highest BCUT2D eigenvalue weighted by Crippen LogP contribution is 2.29. The van der Waals surface area contributed by atoms with Crippen molar-refractivity contribution >= 4 is 22.9 Å². The summed E-state index contributed by atoms with van der Waals surface area (Å²) in [5.74, 6) is 1.47. The summed E-state index contributed by atoms with van der Waals surface area (Å²) in [4.78, 5) is 19.3. The van der Waals surface area contributed by atoms with Crippen LogP contribution < -0.4 is 9.64 Å². The molecule has 2 aromatic heterocycles. The summed E-state index contributed by atoms with van der Waals surface area (Å²) >= 11 is 1.53. The van der Waals surface area contributed by atoms with Gasteiger partial charge in [-0.05, 0) is 54.4 Å². The second kappa shape index (κ2) is 7.56. The number of fused-ring (bicyclic) bond motifs is 1. The fourth-order valence-corrected chi connectivity index (χ4v) is 4.15. The highest BCUT2D eigenvalue weighted by Gasteiger charge is 2.25. The Balaban J connectivity index is 1.23. The molecule has 4 aromatic rings. The summed E-state index contributed by atoms with van der Waals surface area (Å²) in [7, 11) is 0. The van der Waals surface area contributed by atoms with Gasteiger partial charge in [0, 0.05) is 23.2 Å². The quantitative estimate of drug-likeness (QED) is 0.461. The molecule has 0 unspecified atom stereocenters. The van der Waals surface area contributed by atoms with Crippen LogP contribution in [0.5, 0.6) is 5.75 Å². The number of anilines is 1. The predicted molar refractivity (Wildman–Crippen MR) is 112 cm³/mol. The van der Waals surface area contributed by atoms with E-state index in [4.69, 9.17) is 9.15 Å². The summed E-state index contributed by atoms with van der Waals surface area (Å²) in [6.45, 7) is 1.09. The Hall–Kier alpha value is -3.38. The van der Waals surface area contributed by atoms with Gasteiger partial charge in [-0.3, -0.25) is 4.79 Å².